The van der Waals surface area contributed by atoms with Crippen LogP contribution in [0.1, 0.15) is 27.6 Å². The molecule has 1 heterocycles. The number of carbonyl (C=O) groups excluding carboxylic acids is 2. The predicted octanol–water partition coefficient (Wildman–Crippen LogP) is 0.957. The van der Waals surface area contributed by atoms with Gasteiger partial charge < -0.3 is 5.73 Å². The molecule has 82 valence electrons. The first kappa shape index (κ1) is 10.8. The van der Waals surface area contributed by atoms with Crippen molar-refractivity contribution in [3.05, 3.63) is 35.4 Å². The predicted molar refractivity (Wildman–Crippen MR) is 63.2 cm³/mol. The van der Waals surface area contributed by atoms with Gasteiger partial charge in [-0.25, -0.2) is 0 Å². The summed E-state index contributed by atoms with van der Waals surface area (Å²) in [6.45, 7) is 1.64. The number of benzene rings is 1. The maximum Gasteiger partial charge on any atom is 0.262 e. The van der Waals surface area contributed by atoms with E-state index in [4.69, 9.17) is 18.0 Å². The molecule has 2 N–H and O–H groups in total. The lowest BCUT2D eigenvalue weighted by Crippen LogP contribution is -2.45. The van der Waals surface area contributed by atoms with Gasteiger partial charge >= 0.3 is 0 Å². The number of nitrogens with zero attached hydrogens (tertiary/aromatic N) is 1. The average molecular weight is 234 g/mol. The summed E-state index contributed by atoms with van der Waals surface area (Å²) in [4.78, 5) is 25.1. The van der Waals surface area contributed by atoms with Gasteiger partial charge in [0.2, 0.25) is 0 Å². The van der Waals surface area contributed by atoms with Crippen molar-refractivity contribution in [1.29, 1.82) is 0 Å². The first-order valence-electron chi connectivity index (χ1n) is 4.80. The topological polar surface area (TPSA) is 63.4 Å². The molecule has 5 heteroatoms. The van der Waals surface area contributed by atoms with Crippen molar-refractivity contribution in [3.63, 3.8) is 0 Å². The summed E-state index contributed by atoms with van der Waals surface area (Å²) < 4.78 is 0. The van der Waals surface area contributed by atoms with Crippen LogP contribution in [0.4, 0.5) is 0 Å². The Bertz CT molecular complexity index is 464. The lowest BCUT2D eigenvalue weighted by atomic mass is 10.1. The van der Waals surface area contributed by atoms with Gasteiger partial charge in [-0.15, -0.1) is 0 Å². The summed E-state index contributed by atoms with van der Waals surface area (Å²) in [5.74, 6) is -0.665. The molecule has 0 aromatic heterocycles. The minimum atomic E-state index is -0.553. The lowest BCUT2D eigenvalue weighted by Gasteiger charge is -2.20. The Kier molecular flexibility index (Phi) is 2.47. The zero-order valence-corrected chi connectivity index (χ0v) is 9.45. The zero-order valence-electron chi connectivity index (χ0n) is 8.64. The van der Waals surface area contributed by atoms with Crippen molar-refractivity contribution in [3.8, 4) is 0 Å². The number of hydrogen-bond donors (Lipinski definition) is 1. The summed E-state index contributed by atoms with van der Waals surface area (Å²) >= 11 is 4.80. The third-order valence-electron chi connectivity index (χ3n) is 2.62. The molecule has 1 unspecified atom stereocenters. The SMILES string of the molecule is CC(C(N)=S)N1C(=O)c2ccccc2C1=O. The van der Waals surface area contributed by atoms with E-state index in [-0.39, 0.29) is 16.8 Å². The van der Waals surface area contributed by atoms with Gasteiger partial charge in [0.15, 0.2) is 0 Å². The van der Waals surface area contributed by atoms with Crippen LogP contribution in [-0.4, -0.2) is 27.7 Å². The van der Waals surface area contributed by atoms with E-state index in [9.17, 15) is 9.59 Å². The standard InChI is InChI=1S/C11H10N2O2S/c1-6(9(12)16)13-10(14)7-4-2-3-5-8(7)11(13)15/h2-6H,1H3,(H2,12,16). The third kappa shape index (κ3) is 1.40. The van der Waals surface area contributed by atoms with E-state index in [0.29, 0.717) is 11.1 Å². The smallest absolute Gasteiger partial charge is 0.262 e. The molecule has 2 rings (SSSR count). The Labute approximate surface area is 98.0 Å². The molecule has 0 bridgehead atoms. The Morgan fingerprint density at radius 2 is 1.69 bits per heavy atom. The highest BCUT2D eigenvalue weighted by Crippen LogP contribution is 2.24. The monoisotopic (exact) mass is 234 g/mol. The van der Waals surface area contributed by atoms with E-state index in [1.807, 2.05) is 0 Å². The van der Waals surface area contributed by atoms with Crippen molar-refractivity contribution in [2.45, 2.75) is 13.0 Å². The fraction of sp³-hybridized carbons (Fsp3) is 0.182. The van der Waals surface area contributed by atoms with Crippen molar-refractivity contribution in [2.75, 3.05) is 0 Å². The molecule has 1 aromatic carbocycles. The van der Waals surface area contributed by atoms with Crippen molar-refractivity contribution >= 4 is 29.0 Å². The van der Waals surface area contributed by atoms with E-state index in [1.54, 1.807) is 31.2 Å². The number of nitrogens with two attached hydrogens (primary N) is 1. The van der Waals surface area contributed by atoms with Crippen LogP contribution >= 0.6 is 12.2 Å². The van der Waals surface area contributed by atoms with E-state index in [2.05, 4.69) is 0 Å². The summed E-state index contributed by atoms with van der Waals surface area (Å²) in [5, 5.41) is 0. The molecule has 0 radical (unpaired) electrons. The Hall–Kier alpha value is -1.75. The molecular formula is C11H10N2O2S. The fourth-order valence-corrected chi connectivity index (χ4v) is 1.79. The number of thiocarbonyl (C=S) groups is 1. The second-order valence-corrected chi connectivity index (χ2v) is 4.08. The van der Waals surface area contributed by atoms with Crippen LogP contribution < -0.4 is 5.73 Å². The minimum Gasteiger partial charge on any atom is -0.392 e. The first-order valence-corrected chi connectivity index (χ1v) is 5.21. The van der Waals surface area contributed by atoms with Gasteiger partial charge in [-0.3, -0.25) is 14.5 Å². The maximum atomic E-state index is 11.9. The summed E-state index contributed by atoms with van der Waals surface area (Å²) in [5.41, 5.74) is 6.29. The largest absolute Gasteiger partial charge is 0.392 e. The average Bonchev–Trinajstić information content (AvgIpc) is 2.52. The molecule has 1 atom stereocenters. The van der Waals surface area contributed by atoms with Gasteiger partial charge in [0.05, 0.1) is 22.2 Å². The molecule has 0 aliphatic carbocycles. The lowest BCUT2D eigenvalue weighted by molar-refractivity contribution is 0.0635. The fourth-order valence-electron chi connectivity index (χ4n) is 1.69. The number of fused-ring (bicyclic) bond motifs is 1. The van der Waals surface area contributed by atoms with Crippen LogP contribution in [0.25, 0.3) is 0 Å². The molecule has 4 nitrogen and oxygen atoms in total. The summed E-state index contributed by atoms with van der Waals surface area (Å²) in [7, 11) is 0. The molecule has 1 aliphatic heterocycles. The number of imide groups is 1. The second-order valence-electron chi connectivity index (χ2n) is 3.60. The highest BCUT2D eigenvalue weighted by atomic mass is 32.1. The van der Waals surface area contributed by atoms with E-state index >= 15 is 0 Å². The van der Waals surface area contributed by atoms with Crippen molar-refractivity contribution in [2.24, 2.45) is 5.73 Å². The van der Waals surface area contributed by atoms with Crippen LogP contribution in [0.3, 0.4) is 0 Å². The zero-order chi connectivity index (χ0) is 11.9. The van der Waals surface area contributed by atoms with Crippen LogP contribution in [-0.2, 0) is 0 Å². The molecule has 0 fully saturated rings. The molecular weight excluding hydrogens is 224 g/mol. The van der Waals surface area contributed by atoms with Gasteiger partial charge in [0, 0.05) is 0 Å². The highest BCUT2D eigenvalue weighted by molar-refractivity contribution is 7.80. The summed E-state index contributed by atoms with van der Waals surface area (Å²) in [6, 6.07) is 6.14. The second kappa shape index (κ2) is 3.68. The molecule has 0 spiro atoms. The molecule has 1 aromatic rings. The minimum absolute atomic E-state index is 0.134. The van der Waals surface area contributed by atoms with E-state index in [1.165, 1.54) is 0 Å². The van der Waals surface area contributed by atoms with Gasteiger partial charge in [0.25, 0.3) is 11.8 Å². The number of amides is 2. The van der Waals surface area contributed by atoms with Crippen LogP contribution in [0, 0.1) is 0 Å². The summed E-state index contributed by atoms with van der Waals surface area (Å²) in [6.07, 6.45) is 0. The third-order valence-corrected chi connectivity index (χ3v) is 2.97. The van der Waals surface area contributed by atoms with Gasteiger partial charge in [-0.2, -0.15) is 0 Å². The Morgan fingerprint density at radius 3 is 2.06 bits per heavy atom. The Morgan fingerprint density at radius 1 is 1.25 bits per heavy atom. The highest BCUT2D eigenvalue weighted by Gasteiger charge is 2.38. The van der Waals surface area contributed by atoms with E-state index in [0.717, 1.165) is 4.90 Å². The first-order chi connectivity index (χ1) is 7.54. The molecule has 0 saturated carbocycles. The number of carbonyl (C=O) groups is 2. The van der Waals surface area contributed by atoms with Gasteiger partial charge in [-0.1, -0.05) is 24.4 Å². The molecule has 0 saturated heterocycles. The van der Waals surface area contributed by atoms with Crippen LogP contribution in [0.2, 0.25) is 0 Å². The van der Waals surface area contributed by atoms with Gasteiger partial charge in [0.1, 0.15) is 0 Å². The van der Waals surface area contributed by atoms with Crippen molar-refractivity contribution < 1.29 is 9.59 Å². The van der Waals surface area contributed by atoms with Crippen LogP contribution in [0.5, 0.6) is 0 Å². The molecule has 1 aliphatic rings. The quantitative estimate of drug-likeness (QED) is 0.611. The Balaban J connectivity index is 2.46. The van der Waals surface area contributed by atoms with E-state index < -0.39 is 6.04 Å². The van der Waals surface area contributed by atoms with Crippen LogP contribution in [0.15, 0.2) is 24.3 Å². The molecule has 2 amide bonds. The van der Waals surface area contributed by atoms with Gasteiger partial charge in [-0.05, 0) is 19.1 Å². The van der Waals surface area contributed by atoms with Crippen molar-refractivity contribution in [1.82, 2.24) is 4.90 Å². The normalized spacial score (nSPS) is 16.2. The number of rotatable bonds is 2. The number of hydrogen-bond acceptors (Lipinski definition) is 3. The molecule has 16 heavy (non-hydrogen) atoms. The maximum absolute atomic E-state index is 11.9.